The molecule has 2 aromatic carbocycles. The van der Waals surface area contributed by atoms with Crippen molar-refractivity contribution in [3.05, 3.63) is 70.9 Å². The van der Waals surface area contributed by atoms with E-state index in [1.807, 2.05) is 43.3 Å². The Morgan fingerprint density at radius 3 is 2.30 bits per heavy atom. The van der Waals surface area contributed by atoms with E-state index in [4.69, 9.17) is 5.84 Å². The van der Waals surface area contributed by atoms with Crippen LogP contribution in [0.5, 0.6) is 0 Å². The molecule has 5 nitrogen and oxygen atoms in total. The average molecular weight is 307 g/mol. The van der Waals surface area contributed by atoms with E-state index in [9.17, 15) is 9.59 Å². The summed E-state index contributed by atoms with van der Waals surface area (Å²) in [5, 5.41) is 0.702. The van der Waals surface area contributed by atoms with E-state index in [0.29, 0.717) is 27.7 Å². The minimum Gasteiger partial charge on any atom is -0.290 e. The fourth-order valence-corrected chi connectivity index (χ4v) is 2.81. The molecule has 0 saturated heterocycles. The second-order valence-corrected chi connectivity index (χ2v) is 5.46. The summed E-state index contributed by atoms with van der Waals surface area (Å²) in [5.74, 6) is 4.70. The van der Waals surface area contributed by atoms with E-state index < -0.39 is 5.91 Å². The van der Waals surface area contributed by atoms with Crippen LogP contribution in [0.15, 0.2) is 48.5 Å². The predicted molar refractivity (Wildman–Crippen MR) is 89.2 cm³/mol. The molecular formula is C18H17N3O2. The van der Waals surface area contributed by atoms with Gasteiger partial charge in [-0.3, -0.25) is 19.6 Å². The molecule has 3 N–H and O–H groups in total. The van der Waals surface area contributed by atoms with Crippen molar-refractivity contribution in [3.63, 3.8) is 0 Å². The second-order valence-electron chi connectivity index (χ2n) is 5.46. The third kappa shape index (κ3) is 2.41. The first-order valence-corrected chi connectivity index (χ1v) is 7.27. The zero-order valence-electron chi connectivity index (χ0n) is 13.0. The van der Waals surface area contributed by atoms with E-state index in [1.165, 1.54) is 0 Å². The summed E-state index contributed by atoms with van der Waals surface area (Å²) in [4.78, 5) is 25.0. The number of carbonyl (C=O) groups is 2. The normalized spacial score (nSPS) is 10.7. The van der Waals surface area contributed by atoms with Gasteiger partial charge in [0.25, 0.3) is 11.8 Å². The smallest absolute Gasteiger partial charge is 0.267 e. The Hall–Kier alpha value is -2.92. The van der Waals surface area contributed by atoms with Crippen LogP contribution in [0, 0.1) is 13.8 Å². The number of nitrogens with two attached hydrogens (primary N) is 1. The summed E-state index contributed by atoms with van der Waals surface area (Å²) >= 11 is 0. The standard InChI is InChI=1S/C18H17N3O2/c1-11-7-9-13(10-8-11)18(23)21-12(2)16(17(22)20-19)14-5-3-4-6-15(14)21/h3-10H,19H2,1-2H3,(H,20,22). The molecule has 0 unspecified atom stereocenters. The number of para-hydroxylation sites is 1. The Balaban J connectivity index is 2.25. The van der Waals surface area contributed by atoms with Crippen molar-refractivity contribution in [2.75, 3.05) is 0 Å². The summed E-state index contributed by atoms with van der Waals surface area (Å²) in [7, 11) is 0. The lowest BCUT2D eigenvalue weighted by molar-refractivity contribution is 0.0954. The van der Waals surface area contributed by atoms with Crippen LogP contribution in [0.4, 0.5) is 0 Å². The Kier molecular flexibility index (Phi) is 3.72. The molecule has 3 aromatic rings. The van der Waals surface area contributed by atoms with E-state index >= 15 is 0 Å². The molecule has 0 bridgehead atoms. The highest BCUT2D eigenvalue weighted by molar-refractivity contribution is 6.12. The molecule has 23 heavy (non-hydrogen) atoms. The first kappa shape index (κ1) is 15.0. The van der Waals surface area contributed by atoms with Crippen LogP contribution in [-0.2, 0) is 0 Å². The second kappa shape index (κ2) is 5.70. The van der Waals surface area contributed by atoms with Gasteiger partial charge in [0.1, 0.15) is 0 Å². The SMILES string of the molecule is Cc1ccc(C(=O)n2c(C)c(C(=O)NN)c3ccccc32)cc1. The van der Waals surface area contributed by atoms with Gasteiger partial charge < -0.3 is 0 Å². The maximum Gasteiger partial charge on any atom is 0.267 e. The number of rotatable bonds is 2. The van der Waals surface area contributed by atoms with Gasteiger partial charge in [-0.05, 0) is 32.0 Å². The van der Waals surface area contributed by atoms with Gasteiger partial charge in [0.2, 0.25) is 0 Å². The highest BCUT2D eigenvalue weighted by atomic mass is 16.2. The minimum atomic E-state index is -0.408. The number of nitrogens with zero attached hydrogens (tertiary/aromatic N) is 1. The van der Waals surface area contributed by atoms with Crippen LogP contribution in [0.2, 0.25) is 0 Å². The predicted octanol–water partition coefficient (Wildman–Crippen LogP) is 2.55. The summed E-state index contributed by atoms with van der Waals surface area (Å²) in [5.41, 5.74) is 5.48. The van der Waals surface area contributed by atoms with Gasteiger partial charge in [0, 0.05) is 16.6 Å². The number of nitrogens with one attached hydrogen (secondary N) is 1. The van der Waals surface area contributed by atoms with Gasteiger partial charge in [-0.15, -0.1) is 0 Å². The molecule has 0 fully saturated rings. The number of hydrazine groups is 1. The van der Waals surface area contributed by atoms with Gasteiger partial charge in [-0.25, -0.2) is 5.84 Å². The quantitative estimate of drug-likeness (QED) is 0.434. The van der Waals surface area contributed by atoms with Crippen molar-refractivity contribution in [2.45, 2.75) is 13.8 Å². The monoisotopic (exact) mass is 307 g/mol. The van der Waals surface area contributed by atoms with Gasteiger partial charge in [0.15, 0.2) is 0 Å². The van der Waals surface area contributed by atoms with Crippen LogP contribution in [0.3, 0.4) is 0 Å². The number of fused-ring (bicyclic) bond motifs is 1. The molecule has 0 aliphatic heterocycles. The largest absolute Gasteiger partial charge is 0.290 e. The molecule has 5 heteroatoms. The number of amides is 1. The summed E-state index contributed by atoms with van der Waals surface area (Å²) in [6.07, 6.45) is 0. The summed E-state index contributed by atoms with van der Waals surface area (Å²) in [6, 6.07) is 14.7. The number of hydrogen-bond acceptors (Lipinski definition) is 3. The molecule has 1 amide bonds. The topological polar surface area (TPSA) is 77.1 Å². The van der Waals surface area contributed by atoms with Crippen molar-refractivity contribution < 1.29 is 9.59 Å². The molecule has 116 valence electrons. The first-order chi connectivity index (χ1) is 11.0. The van der Waals surface area contributed by atoms with Crippen molar-refractivity contribution in [2.24, 2.45) is 5.84 Å². The van der Waals surface area contributed by atoms with E-state index in [-0.39, 0.29) is 5.91 Å². The molecule has 1 heterocycles. The maximum absolute atomic E-state index is 12.9. The lowest BCUT2D eigenvalue weighted by Gasteiger charge is -2.07. The van der Waals surface area contributed by atoms with Crippen LogP contribution < -0.4 is 11.3 Å². The number of hydrogen-bond donors (Lipinski definition) is 2. The van der Waals surface area contributed by atoms with E-state index in [1.54, 1.807) is 23.6 Å². The zero-order valence-corrected chi connectivity index (χ0v) is 13.0. The minimum absolute atomic E-state index is 0.172. The maximum atomic E-state index is 12.9. The fraction of sp³-hybridized carbons (Fsp3) is 0.111. The average Bonchev–Trinajstić information content (AvgIpc) is 2.86. The van der Waals surface area contributed by atoms with Crippen molar-refractivity contribution in [1.29, 1.82) is 0 Å². The molecule has 3 rings (SSSR count). The van der Waals surface area contributed by atoms with Crippen LogP contribution in [-0.4, -0.2) is 16.4 Å². The third-order valence-electron chi connectivity index (χ3n) is 3.97. The van der Waals surface area contributed by atoms with Gasteiger partial charge in [0.05, 0.1) is 11.1 Å². The molecule has 0 radical (unpaired) electrons. The fourth-order valence-electron chi connectivity index (χ4n) is 2.81. The molecule has 0 spiro atoms. The molecule has 0 saturated carbocycles. The van der Waals surface area contributed by atoms with E-state index in [2.05, 4.69) is 5.43 Å². The lowest BCUT2D eigenvalue weighted by atomic mass is 10.1. The Morgan fingerprint density at radius 2 is 1.65 bits per heavy atom. The lowest BCUT2D eigenvalue weighted by Crippen LogP contribution is -2.30. The molecule has 0 atom stereocenters. The summed E-state index contributed by atoms with van der Waals surface area (Å²) in [6.45, 7) is 3.71. The number of nitrogen functional groups attached to an aromatic ring is 1. The zero-order chi connectivity index (χ0) is 16.6. The van der Waals surface area contributed by atoms with Crippen molar-refractivity contribution in [3.8, 4) is 0 Å². The Morgan fingerprint density at radius 1 is 1.00 bits per heavy atom. The van der Waals surface area contributed by atoms with Crippen LogP contribution >= 0.6 is 0 Å². The first-order valence-electron chi connectivity index (χ1n) is 7.27. The van der Waals surface area contributed by atoms with Gasteiger partial charge >= 0.3 is 0 Å². The van der Waals surface area contributed by atoms with Crippen molar-refractivity contribution in [1.82, 2.24) is 9.99 Å². The van der Waals surface area contributed by atoms with E-state index in [0.717, 1.165) is 5.56 Å². The summed E-state index contributed by atoms with van der Waals surface area (Å²) < 4.78 is 1.56. The van der Waals surface area contributed by atoms with Crippen LogP contribution in [0.25, 0.3) is 10.9 Å². The Labute approximate surface area is 133 Å². The molecule has 1 aromatic heterocycles. The van der Waals surface area contributed by atoms with Crippen LogP contribution in [0.1, 0.15) is 32.0 Å². The van der Waals surface area contributed by atoms with Gasteiger partial charge in [-0.1, -0.05) is 35.9 Å². The Bertz CT molecular complexity index is 908. The highest BCUT2D eigenvalue weighted by Gasteiger charge is 2.23. The number of aryl methyl sites for hydroxylation is 1. The third-order valence-corrected chi connectivity index (χ3v) is 3.97. The van der Waals surface area contributed by atoms with Gasteiger partial charge in [-0.2, -0.15) is 0 Å². The molecule has 0 aliphatic rings. The number of benzene rings is 2. The van der Waals surface area contributed by atoms with Crippen molar-refractivity contribution >= 4 is 22.7 Å². The highest BCUT2D eigenvalue weighted by Crippen LogP contribution is 2.26. The molecule has 0 aliphatic carbocycles. The molecular weight excluding hydrogens is 290 g/mol. The number of carbonyl (C=O) groups excluding carboxylic acids is 2. The number of aromatic nitrogens is 1.